The summed E-state index contributed by atoms with van der Waals surface area (Å²) in [6.45, 7) is 0.259. The summed E-state index contributed by atoms with van der Waals surface area (Å²) in [7, 11) is 0. The van der Waals surface area contributed by atoms with Crippen LogP contribution in [0, 0.1) is 0 Å². The van der Waals surface area contributed by atoms with Crippen molar-refractivity contribution in [3.63, 3.8) is 0 Å². The van der Waals surface area contributed by atoms with Gasteiger partial charge in [-0.05, 0) is 36.8 Å². The monoisotopic (exact) mass is 285 g/mol. The second-order valence-electron chi connectivity index (χ2n) is 5.49. The molecular weight excluding hydrogens is 265 g/mol. The van der Waals surface area contributed by atoms with Gasteiger partial charge < -0.3 is 10.1 Å². The van der Waals surface area contributed by atoms with Crippen LogP contribution in [0.1, 0.15) is 36.8 Å². The highest BCUT2D eigenvalue weighted by atomic mass is 35.5. The number of fused-ring (bicyclic) bond motifs is 2. The van der Waals surface area contributed by atoms with Crippen LogP contribution in [0.3, 0.4) is 0 Å². The molecule has 19 heavy (non-hydrogen) atoms. The Bertz CT molecular complexity index is 386. The molecule has 4 heteroatoms. The lowest BCUT2D eigenvalue weighted by molar-refractivity contribution is 0.00916. The number of piperidine rings is 1. The summed E-state index contributed by atoms with van der Waals surface area (Å²) in [5.41, 5.74) is 1.87. The average Bonchev–Trinajstić information content (AvgIpc) is 2.76. The van der Waals surface area contributed by atoms with Gasteiger partial charge in [-0.2, -0.15) is 0 Å². The highest BCUT2D eigenvalue weighted by Crippen LogP contribution is 2.28. The molecule has 2 nitrogen and oxygen atoms in total. The van der Waals surface area contributed by atoms with Gasteiger partial charge in [0, 0.05) is 12.1 Å². The minimum Gasteiger partial charge on any atom is -0.373 e. The Kier molecular flexibility index (Phi) is 5.20. The van der Waals surface area contributed by atoms with Gasteiger partial charge in [-0.3, -0.25) is 0 Å². The van der Waals surface area contributed by atoms with Crippen molar-refractivity contribution < 1.29 is 9.13 Å². The van der Waals surface area contributed by atoms with Crippen LogP contribution in [0.2, 0.25) is 0 Å². The van der Waals surface area contributed by atoms with Gasteiger partial charge in [-0.15, -0.1) is 12.4 Å². The van der Waals surface area contributed by atoms with Crippen molar-refractivity contribution in [3.05, 3.63) is 35.4 Å². The van der Waals surface area contributed by atoms with Crippen LogP contribution in [0.4, 0.5) is 4.39 Å². The fourth-order valence-corrected chi connectivity index (χ4v) is 3.08. The van der Waals surface area contributed by atoms with Crippen LogP contribution in [0.5, 0.6) is 0 Å². The number of nitrogens with one attached hydrogen (secondary N) is 1. The third-order valence-corrected chi connectivity index (χ3v) is 4.09. The molecule has 2 bridgehead atoms. The third-order valence-electron chi connectivity index (χ3n) is 4.09. The molecule has 2 aliphatic rings. The quantitative estimate of drug-likeness (QED) is 0.916. The minimum atomic E-state index is -0.390. The second-order valence-corrected chi connectivity index (χ2v) is 5.49. The Labute approximate surface area is 120 Å². The number of hydrogen-bond acceptors (Lipinski definition) is 2. The zero-order valence-electron chi connectivity index (χ0n) is 11.0. The predicted molar refractivity (Wildman–Crippen MR) is 76.3 cm³/mol. The van der Waals surface area contributed by atoms with E-state index in [2.05, 4.69) is 5.32 Å². The van der Waals surface area contributed by atoms with E-state index in [1.165, 1.54) is 12.8 Å². The third kappa shape index (κ3) is 3.68. The van der Waals surface area contributed by atoms with Crippen molar-refractivity contribution in [2.75, 3.05) is 0 Å². The number of benzene rings is 1. The van der Waals surface area contributed by atoms with Gasteiger partial charge in [0.1, 0.15) is 6.67 Å². The van der Waals surface area contributed by atoms with Crippen LogP contribution < -0.4 is 5.32 Å². The molecule has 0 spiro atoms. The first-order valence-electron chi connectivity index (χ1n) is 6.85. The van der Waals surface area contributed by atoms with Crippen LogP contribution in [-0.2, 0) is 18.0 Å². The van der Waals surface area contributed by atoms with E-state index in [4.69, 9.17) is 4.74 Å². The molecule has 0 aliphatic carbocycles. The molecular formula is C15H21ClFNO. The largest absolute Gasteiger partial charge is 0.373 e. The van der Waals surface area contributed by atoms with Gasteiger partial charge >= 0.3 is 0 Å². The Morgan fingerprint density at radius 1 is 1.05 bits per heavy atom. The van der Waals surface area contributed by atoms with Crippen molar-refractivity contribution in [2.24, 2.45) is 0 Å². The molecule has 106 valence electrons. The normalized spacial score (nSPS) is 29.0. The maximum atomic E-state index is 12.4. The number of ether oxygens (including phenoxy) is 1. The number of alkyl halides is 1. The Balaban J connectivity index is 0.00000133. The summed E-state index contributed by atoms with van der Waals surface area (Å²) >= 11 is 0. The SMILES string of the molecule is Cl.FCc1ccc(COC2C[C@H]3CC[C@@H](C2)N3)cc1. The summed E-state index contributed by atoms with van der Waals surface area (Å²) < 4.78 is 18.4. The van der Waals surface area contributed by atoms with Crippen LogP contribution in [0.25, 0.3) is 0 Å². The fraction of sp³-hybridized carbons (Fsp3) is 0.600. The molecule has 0 aromatic heterocycles. The lowest BCUT2D eigenvalue weighted by atomic mass is 10.0. The molecule has 1 aromatic rings. The fourth-order valence-electron chi connectivity index (χ4n) is 3.08. The molecule has 0 saturated carbocycles. The van der Waals surface area contributed by atoms with Crippen molar-refractivity contribution in [3.8, 4) is 0 Å². The van der Waals surface area contributed by atoms with Gasteiger partial charge in [0.05, 0.1) is 12.7 Å². The zero-order valence-corrected chi connectivity index (χ0v) is 11.8. The molecule has 2 fully saturated rings. The standard InChI is InChI=1S/C15H20FNO.ClH/c16-9-11-1-3-12(4-2-11)10-18-15-7-13-5-6-14(8-15)17-13;/h1-4,13-15,17H,5-10H2;1H/t13-,14+,15?;. The van der Waals surface area contributed by atoms with E-state index in [-0.39, 0.29) is 12.4 Å². The molecule has 3 rings (SSSR count). The molecule has 0 amide bonds. The number of hydrogen-bond donors (Lipinski definition) is 1. The maximum Gasteiger partial charge on any atom is 0.115 e. The van der Waals surface area contributed by atoms with E-state index < -0.39 is 6.67 Å². The maximum absolute atomic E-state index is 12.4. The molecule has 2 saturated heterocycles. The second kappa shape index (κ2) is 6.69. The predicted octanol–water partition coefficient (Wildman–Crippen LogP) is 3.38. The first-order chi connectivity index (χ1) is 8.83. The molecule has 1 aromatic carbocycles. The molecule has 3 atom stereocenters. The highest BCUT2D eigenvalue weighted by molar-refractivity contribution is 5.85. The number of rotatable bonds is 4. The molecule has 2 aliphatic heterocycles. The van der Waals surface area contributed by atoms with Crippen molar-refractivity contribution in [1.82, 2.24) is 5.32 Å². The van der Waals surface area contributed by atoms with Crippen molar-refractivity contribution in [2.45, 2.75) is 57.2 Å². The minimum absolute atomic E-state index is 0. The van der Waals surface area contributed by atoms with Crippen LogP contribution >= 0.6 is 12.4 Å². The topological polar surface area (TPSA) is 21.3 Å². The smallest absolute Gasteiger partial charge is 0.115 e. The van der Waals surface area contributed by atoms with Crippen molar-refractivity contribution >= 4 is 12.4 Å². The van der Waals surface area contributed by atoms with E-state index >= 15 is 0 Å². The van der Waals surface area contributed by atoms with Crippen LogP contribution in [0.15, 0.2) is 24.3 Å². The molecule has 2 heterocycles. The first kappa shape index (κ1) is 14.8. The van der Waals surface area contributed by atoms with E-state index in [1.807, 2.05) is 24.3 Å². The average molecular weight is 286 g/mol. The Morgan fingerprint density at radius 3 is 2.21 bits per heavy atom. The highest BCUT2D eigenvalue weighted by Gasteiger charge is 2.33. The van der Waals surface area contributed by atoms with Crippen molar-refractivity contribution in [1.29, 1.82) is 0 Å². The Hall–Kier alpha value is -0.640. The summed E-state index contributed by atoms with van der Waals surface area (Å²) in [5, 5.41) is 3.61. The number of halogens is 2. The lowest BCUT2D eigenvalue weighted by Gasteiger charge is -2.29. The van der Waals surface area contributed by atoms with Gasteiger partial charge in [0.2, 0.25) is 0 Å². The van der Waals surface area contributed by atoms with Gasteiger partial charge in [-0.25, -0.2) is 4.39 Å². The molecule has 1 unspecified atom stereocenters. The van der Waals surface area contributed by atoms with Gasteiger partial charge in [0.25, 0.3) is 0 Å². The zero-order chi connectivity index (χ0) is 12.4. The molecule has 0 radical (unpaired) electrons. The lowest BCUT2D eigenvalue weighted by Crippen LogP contribution is -2.41. The molecule has 1 N–H and O–H groups in total. The summed E-state index contributed by atoms with van der Waals surface area (Å²) in [6.07, 6.45) is 5.27. The van der Waals surface area contributed by atoms with Gasteiger partial charge in [0.15, 0.2) is 0 Å². The summed E-state index contributed by atoms with van der Waals surface area (Å²) in [5.74, 6) is 0. The van der Waals surface area contributed by atoms with Crippen LogP contribution in [-0.4, -0.2) is 18.2 Å². The summed E-state index contributed by atoms with van der Waals surface area (Å²) in [4.78, 5) is 0. The van der Waals surface area contributed by atoms with Gasteiger partial charge in [-0.1, -0.05) is 24.3 Å². The first-order valence-corrected chi connectivity index (χ1v) is 6.85. The Morgan fingerprint density at radius 2 is 1.63 bits per heavy atom. The van der Waals surface area contributed by atoms with E-state index in [9.17, 15) is 4.39 Å². The van der Waals surface area contributed by atoms with E-state index in [0.29, 0.717) is 24.8 Å². The summed E-state index contributed by atoms with van der Waals surface area (Å²) in [6, 6.07) is 8.94. The van der Waals surface area contributed by atoms with E-state index in [1.54, 1.807) is 0 Å². The van der Waals surface area contributed by atoms with E-state index in [0.717, 1.165) is 24.0 Å².